The fraction of sp³-hybridized carbons (Fsp3) is 0.222. The fourth-order valence-electron chi connectivity index (χ4n) is 3.07. The Hall–Kier alpha value is -2.60. The third kappa shape index (κ3) is 2.39. The van der Waals surface area contributed by atoms with Crippen LogP contribution in [0, 0.1) is 6.92 Å². The molecule has 1 unspecified atom stereocenters. The first-order valence-electron chi connectivity index (χ1n) is 7.78. The van der Waals surface area contributed by atoms with Crippen molar-refractivity contribution >= 4 is 27.5 Å². The van der Waals surface area contributed by atoms with Gasteiger partial charge in [-0.3, -0.25) is 9.59 Å². The molecular formula is C18H16N2O3S. The van der Waals surface area contributed by atoms with E-state index in [4.69, 9.17) is 4.74 Å². The largest absolute Gasteiger partial charge is 0.493 e. The Labute approximate surface area is 142 Å². The third-order valence-corrected chi connectivity index (χ3v) is 5.61. The number of thiophene rings is 1. The van der Waals surface area contributed by atoms with Crippen molar-refractivity contribution in [1.29, 1.82) is 0 Å². The summed E-state index contributed by atoms with van der Waals surface area (Å²) in [4.78, 5) is 28.4. The van der Waals surface area contributed by atoms with Crippen LogP contribution in [0.25, 0.3) is 10.2 Å². The van der Waals surface area contributed by atoms with Gasteiger partial charge in [-0.1, -0.05) is 18.2 Å². The predicted octanol–water partition coefficient (Wildman–Crippen LogP) is 3.15. The molecule has 0 fully saturated rings. The summed E-state index contributed by atoms with van der Waals surface area (Å²) in [7, 11) is 0. The summed E-state index contributed by atoms with van der Waals surface area (Å²) in [5, 5.41) is 3.09. The molecule has 1 aliphatic rings. The predicted molar refractivity (Wildman–Crippen MR) is 93.9 cm³/mol. The van der Waals surface area contributed by atoms with Gasteiger partial charge in [0.1, 0.15) is 5.75 Å². The van der Waals surface area contributed by atoms with Crippen molar-refractivity contribution in [3.8, 4) is 5.75 Å². The van der Waals surface area contributed by atoms with Gasteiger partial charge in [0.15, 0.2) is 5.43 Å². The number of aromatic nitrogens is 1. The Kier molecular flexibility index (Phi) is 3.61. The van der Waals surface area contributed by atoms with Crippen LogP contribution in [-0.2, 0) is 0 Å². The zero-order valence-electron chi connectivity index (χ0n) is 13.1. The van der Waals surface area contributed by atoms with Crippen LogP contribution in [0.1, 0.15) is 33.3 Å². The quantitative estimate of drug-likeness (QED) is 0.753. The van der Waals surface area contributed by atoms with Crippen molar-refractivity contribution in [3.63, 3.8) is 0 Å². The molecule has 24 heavy (non-hydrogen) atoms. The zero-order chi connectivity index (χ0) is 16.7. The van der Waals surface area contributed by atoms with Crippen LogP contribution in [0.3, 0.4) is 0 Å². The van der Waals surface area contributed by atoms with Gasteiger partial charge in [-0.25, -0.2) is 0 Å². The fourth-order valence-corrected chi connectivity index (χ4v) is 4.16. The Bertz CT molecular complexity index is 989. The van der Waals surface area contributed by atoms with E-state index >= 15 is 0 Å². The zero-order valence-corrected chi connectivity index (χ0v) is 13.9. The lowest BCUT2D eigenvalue weighted by atomic mass is 10.0. The van der Waals surface area contributed by atoms with Crippen LogP contribution in [-0.4, -0.2) is 17.5 Å². The number of fused-ring (bicyclic) bond motifs is 2. The highest BCUT2D eigenvalue weighted by molar-refractivity contribution is 7.21. The number of carbonyl (C=O) groups is 1. The van der Waals surface area contributed by atoms with Crippen molar-refractivity contribution in [3.05, 3.63) is 62.8 Å². The first-order valence-corrected chi connectivity index (χ1v) is 8.60. The highest BCUT2D eigenvalue weighted by atomic mass is 32.1. The van der Waals surface area contributed by atoms with E-state index in [0.29, 0.717) is 16.2 Å². The summed E-state index contributed by atoms with van der Waals surface area (Å²) in [5.74, 6) is 0.667. The maximum Gasteiger partial charge on any atom is 0.262 e. The summed E-state index contributed by atoms with van der Waals surface area (Å²) >= 11 is 1.24. The minimum absolute atomic E-state index is 0.0627. The molecule has 0 saturated carbocycles. The van der Waals surface area contributed by atoms with Gasteiger partial charge in [0, 0.05) is 24.2 Å². The monoisotopic (exact) mass is 340 g/mol. The second-order valence-corrected chi connectivity index (χ2v) is 6.82. The molecule has 2 N–H and O–H groups in total. The second-order valence-electron chi connectivity index (χ2n) is 5.80. The molecule has 122 valence electrons. The van der Waals surface area contributed by atoms with Crippen molar-refractivity contribution in [2.75, 3.05) is 6.61 Å². The molecule has 4 rings (SSSR count). The van der Waals surface area contributed by atoms with Gasteiger partial charge in [0.2, 0.25) is 0 Å². The molecule has 0 radical (unpaired) electrons. The molecule has 1 amide bonds. The van der Waals surface area contributed by atoms with Crippen LogP contribution < -0.4 is 15.5 Å². The van der Waals surface area contributed by atoms with Gasteiger partial charge >= 0.3 is 0 Å². The summed E-state index contributed by atoms with van der Waals surface area (Å²) in [5.41, 5.74) is 2.48. The normalized spacial score (nSPS) is 16.5. The lowest BCUT2D eigenvalue weighted by Gasteiger charge is -2.26. The average molecular weight is 340 g/mol. The first-order chi connectivity index (χ1) is 11.6. The molecule has 5 nitrogen and oxygen atoms in total. The maximum absolute atomic E-state index is 12.8. The smallest absolute Gasteiger partial charge is 0.262 e. The number of rotatable bonds is 2. The van der Waals surface area contributed by atoms with Crippen LogP contribution in [0.15, 0.2) is 41.3 Å². The van der Waals surface area contributed by atoms with Crippen molar-refractivity contribution < 1.29 is 9.53 Å². The Balaban J connectivity index is 1.68. The van der Waals surface area contributed by atoms with Crippen molar-refractivity contribution in [2.45, 2.75) is 19.4 Å². The lowest BCUT2D eigenvalue weighted by Crippen LogP contribution is -2.32. The van der Waals surface area contributed by atoms with E-state index < -0.39 is 0 Å². The molecule has 0 spiro atoms. The van der Waals surface area contributed by atoms with E-state index in [0.717, 1.165) is 28.8 Å². The number of ether oxygens (including phenoxy) is 1. The highest BCUT2D eigenvalue weighted by Gasteiger charge is 2.25. The maximum atomic E-state index is 12.8. The van der Waals surface area contributed by atoms with Gasteiger partial charge in [-0.05, 0) is 18.6 Å². The van der Waals surface area contributed by atoms with Gasteiger partial charge < -0.3 is 15.0 Å². The Morgan fingerprint density at radius 3 is 3.00 bits per heavy atom. The standard InChI is InChI=1S/C18H16N2O3S/c1-10-15-17(13(21)6-8-19-15)24-16(10)18(22)20-12-7-9-23-14-5-3-2-4-11(12)14/h2-6,8,12H,7,9H2,1H3,(H,19,21)(H,20,22). The Morgan fingerprint density at radius 1 is 1.33 bits per heavy atom. The van der Waals surface area contributed by atoms with E-state index in [1.165, 1.54) is 17.4 Å². The highest BCUT2D eigenvalue weighted by Crippen LogP contribution is 2.33. The van der Waals surface area contributed by atoms with E-state index in [1.54, 1.807) is 6.20 Å². The molecule has 0 bridgehead atoms. The lowest BCUT2D eigenvalue weighted by molar-refractivity contribution is 0.0928. The van der Waals surface area contributed by atoms with Crippen LogP contribution in [0.5, 0.6) is 5.75 Å². The van der Waals surface area contributed by atoms with Crippen molar-refractivity contribution in [1.82, 2.24) is 10.3 Å². The number of pyridine rings is 1. The number of nitrogens with one attached hydrogen (secondary N) is 2. The summed E-state index contributed by atoms with van der Waals surface area (Å²) in [6, 6.07) is 9.15. The molecule has 6 heteroatoms. The first kappa shape index (κ1) is 15.0. The molecule has 1 atom stereocenters. The third-order valence-electron chi connectivity index (χ3n) is 4.30. The van der Waals surface area contributed by atoms with Crippen LogP contribution >= 0.6 is 11.3 Å². The summed E-state index contributed by atoms with van der Waals surface area (Å²) < 4.78 is 6.22. The van der Waals surface area contributed by atoms with Gasteiger partial charge in [0.25, 0.3) is 5.91 Å². The number of para-hydroxylation sites is 1. The van der Waals surface area contributed by atoms with Gasteiger partial charge in [-0.15, -0.1) is 11.3 Å². The molecule has 0 saturated heterocycles. The van der Waals surface area contributed by atoms with E-state index in [2.05, 4.69) is 10.3 Å². The number of hydrogen-bond donors (Lipinski definition) is 2. The number of benzene rings is 1. The SMILES string of the molecule is Cc1c(C(=O)NC2CCOc3ccccc32)sc2c(=O)cc[nH]c12. The number of carbonyl (C=O) groups excluding carboxylic acids is 1. The number of hydrogen-bond acceptors (Lipinski definition) is 4. The minimum Gasteiger partial charge on any atom is -0.493 e. The molecule has 1 aliphatic heterocycles. The minimum atomic E-state index is -0.150. The number of H-pyrrole nitrogens is 1. The topological polar surface area (TPSA) is 71.2 Å². The van der Waals surface area contributed by atoms with Crippen LogP contribution in [0.4, 0.5) is 0 Å². The summed E-state index contributed by atoms with van der Waals surface area (Å²) in [6.07, 6.45) is 2.34. The molecule has 2 aromatic heterocycles. The second kappa shape index (κ2) is 5.79. The van der Waals surface area contributed by atoms with Gasteiger partial charge in [-0.2, -0.15) is 0 Å². The average Bonchev–Trinajstić information content (AvgIpc) is 2.94. The van der Waals surface area contributed by atoms with Crippen LogP contribution in [0.2, 0.25) is 0 Å². The Morgan fingerprint density at radius 2 is 2.17 bits per heavy atom. The van der Waals surface area contributed by atoms with Crippen molar-refractivity contribution in [2.24, 2.45) is 0 Å². The molecular weight excluding hydrogens is 324 g/mol. The van der Waals surface area contributed by atoms with E-state index in [-0.39, 0.29) is 17.4 Å². The van der Waals surface area contributed by atoms with E-state index in [9.17, 15) is 9.59 Å². The molecule has 3 heterocycles. The van der Waals surface area contributed by atoms with Gasteiger partial charge in [0.05, 0.1) is 27.7 Å². The number of aryl methyl sites for hydroxylation is 1. The van der Waals surface area contributed by atoms with E-state index in [1.807, 2.05) is 31.2 Å². The number of aromatic amines is 1. The summed E-state index contributed by atoms with van der Waals surface area (Å²) in [6.45, 7) is 2.44. The number of amides is 1. The molecule has 0 aliphatic carbocycles. The molecule has 1 aromatic carbocycles. The molecule has 3 aromatic rings.